The number of thioether (sulfide) groups is 1. The Bertz CT molecular complexity index is 635. The van der Waals surface area contributed by atoms with E-state index < -0.39 is 11.2 Å². The van der Waals surface area contributed by atoms with Crippen LogP contribution in [0.25, 0.3) is 0 Å². The van der Waals surface area contributed by atoms with Gasteiger partial charge in [0.05, 0.1) is 5.75 Å². The van der Waals surface area contributed by atoms with E-state index in [1.807, 2.05) is 13.8 Å². The summed E-state index contributed by atoms with van der Waals surface area (Å²) in [5, 5.41) is 17.5. The lowest BCUT2D eigenvalue weighted by Crippen LogP contribution is -2.07. The van der Waals surface area contributed by atoms with Crippen molar-refractivity contribution in [3.8, 4) is 5.75 Å². The minimum atomic E-state index is -0.466. The normalized spacial score (nSPS) is 11.1. The van der Waals surface area contributed by atoms with Crippen LogP contribution < -0.4 is 11.2 Å². The van der Waals surface area contributed by atoms with Gasteiger partial charge in [0.25, 0.3) is 0 Å². The molecule has 0 aliphatic heterocycles. The summed E-state index contributed by atoms with van der Waals surface area (Å²) in [6.45, 7) is 3.95. The van der Waals surface area contributed by atoms with Crippen molar-refractivity contribution in [1.82, 2.24) is 14.8 Å². The van der Waals surface area contributed by atoms with Crippen molar-refractivity contribution < 1.29 is 9.52 Å². The molecule has 0 fully saturated rings. The molecular formula is C11H14N4O3S. The van der Waals surface area contributed by atoms with E-state index in [1.54, 1.807) is 4.57 Å². The Morgan fingerprint density at radius 1 is 1.53 bits per heavy atom. The third-order valence-electron chi connectivity index (χ3n) is 2.42. The molecule has 0 saturated carbocycles. The van der Waals surface area contributed by atoms with Gasteiger partial charge in [0.2, 0.25) is 11.4 Å². The Morgan fingerprint density at radius 2 is 2.26 bits per heavy atom. The van der Waals surface area contributed by atoms with Crippen molar-refractivity contribution in [2.75, 3.05) is 5.73 Å². The molecule has 0 aromatic carbocycles. The monoisotopic (exact) mass is 282 g/mol. The summed E-state index contributed by atoms with van der Waals surface area (Å²) in [7, 11) is 0. The Kier molecular flexibility index (Phi) is 3.79. The zero-order valence-electron chi connectivity index (χ0n) is 10.5. The molecule has 0 spiro atoms. The first-order valence-corrected chi connectivity index (χ1v) is 6.61. The van der Waals surface area contributed by atoms with Crippen molar-refractivity contribution >= 4 is 17.7 Å². The van der Waals surface area contributed by atoms with Crippen LogP contribution in [-0.2, 0) is 5.75 Å². The number of aromatic hydroxyl groups is 1. The molecule has 2 rings (SSSR count). The van der Waals surface area contributed by atoms with Gasteiger partial charge in [0.1, 0.15) is 12.0 Å². The van der Waals surface area contributed by atoms with Gasteiger partial charge in [-0.1, -0.05) is 11.8 Å². The van der Waals surface area contributed by atoms with Crippen LogP contribution in [0, 0.1) is 0 Å². The number of nitrogens with two attached hydrogens (primary N) is 1. The van der Waals surface area contributed by atoms with Gasteiger partial charge in [0.15, 0.2) is 10.9 Å². The Balaban J connectivity index is 2.14. The average molecular weight is 282 g/mol. The van der Waals surface area contributed by atoms with Gasteiger partial charge in [-0.05, 0) is 13.8 Å². The summed E-state index contributed by atoms with van der Waals surface area (Å²) in [6.07, 6.45) is 1.03. The number of nitrogen functional groups attached to an aromatic ring is 1. The van der Waals surface area contributed by atoms with Gasteiger partial charge in [-0.25, -0.2) is 0 Å². The van der Waals surface area contributed by atoms with E-state index in [2.05, 4.69) is 10.2 Å². The number of aromatic nitrogens is 3. The van der Waals surface area contributed by atoms with E-state index in [0.29, 0.717) is 22.6 Å². The van der Waals surface area contributed by atoms with Crippen molar-refractivity contribution in [2.24, 2.45) is 0 Å². The van der Waals surface area contributed by atoms with Gasteiger partial charge in [-0.15, -0.1) is 10.2 Å². The van der Waals surface area contributed by atoms with Crippen LogP contribution in [0.2, 0.25) is 0 Å². The lowest BCUT2D eigenvalue weighted by atomic mass is 10.4. The molecule has 7 nitrogen and oxygen atoms in total. The quantitative estimate of drug-likeness (QED) is 0.816. The summed E-state index contributed by atoms with van der Waals surface area (Å²) in [6, 6.07) is 1.39. The zero-order valence-corrected chi connectivity index (χ0v) is 11.3. The zero-order chi connectivity index (χ0) is 14.0. The molecule has 2 aromatic rings. The van der Waals surface area contributed by atoms with Crippen molar-refractivity contribution in [3.63, 3.8) is 0 Å². The van der Waals surface area contributed by atoms with E-state index in [-0.39, 0.29) is 6.04 Å². The number of hydrogen-bond acceptors (Lipinski definition) is 7. The van der Waals surface area contributed by atoms with Crippen LogP contribution in [0.15, 0.2) is 26.7 Å². The number of hydrogen-bond donors (Lipinski definition) is 2. The molecule has 0 atom stereocenters. The van der Waals surface area contributed by atoms with Crippen LogP contribution >= 0.6 is 11.8 Å². The molecule has 0 amide bonds. The van der Waals surface area contributed by atoms with Crippen LogP contribution in [0.3, 0.4) is 0 Å². The van der Waals surface area contributed by atoms with Crippen LogP contribution in [-0.4, -0.2) is 19.9 Å². The van der Waals surface area contributed by atoms with Crippen molar-refractivity contribution in [2.45, 2.75) is 30.8 Å². The lowest BCUT2D eigenvalue weighted by Gasteiger charge is -2.10. The summed E-state index contributed by atoms with van der Waals surface area (Å²) < 4.78 is 6.90. The highest BCUT2D eigenvalue weighted by Gasteiger charge is 2.13. The molecule has 0 aliphatic carbocycles. The average Bonchev–Trinajstić information content (AvgIpc) is 2.72. The van der Waals surface area contributed by atoms with Gasteiger partial charge < -0.3 is 15.3 Å². The fraction of sp³-hybridized carbons (Fsp3) is 0.364. The molecule has 8 heteroatoms. The fourth-order valence-electron chi connectivity index (χ4n) is 1.53. The Labute approximate surface area is 113 Å². The van der Waals surface area contributed by atoms with Crippen LogP contribution in [0.5, 0.6) is 5.75 Å². The van der Waals surface area contributed by atoms with Crippen LogP contribution in [0.1, 0.15) is 25.6 Å². The summed E-state index contributed by atoms with van der Waals surface area (Å²) in [5.41, 5.74) is 5.26. The highest BCUT2D eigenvalue weighted by molar-refractivity contribution is 7.98. The summed E-state index contributed by atoms with van der Waals surface area (Å²) >= 11 is 1.36. The third-order valence-corrected chi connectivity index (χ3v) is 3.38. The lowest BCUT2D eigenvalue weighted by molar-refractivity contribution is 0.419. The molecule has 0 radical (unpaired) electrons. The van der Waals surface area contributed by atoms with Crippen molar-refractivity contribution in [3.05, 3.63) is 28.3 Å². The topological polar surface area (TPSA) is 107 Å². The largest absolute Gasteiger partial charge is 0.502 e. The highest BCUT2D eigenvalue weighted by atomic mass is 32.2. The van der Waals surface area contributed by atoms with Gasteiger partial charge >= 0.3 is 0 Å². The summed E-state index contributed by atoms with van der Waals surface area (Å²) in [4.78, 5) is 11.3. The van der Waals surface area contributed by atoms with E-state index >= 15 is 0 Å². The van der Waals surface area contributed by atoms with Gasteiger partial charge in [-0.3, -0.25) is 9.36 Å². The maximum atomic E-state index is 11.3. The molecular weight excluding hydrogens is 268 g/mol. The Hall–Kier alpha value is -1.96. The molecule has 19 heavy (non-hydrogen) atoms. The van der Waals surface area contributed by atoms with Gasteiger partial charge in [0, 0.05) is 12.1 Å². The maximum Gasteiger partial charge on any atom is 0.226 e. The van der Waals surface area contributed by atoms with E-state index in [4.69, 9.17) is 15.3 Å². The molecule has 102 valence electrons. The molecule has 3 N–H and O–H groups in total. The fourth-order valence-corrected chi connectivity index (χ4v) is 2.49. The number of anilines is 1. The smallest absolute Gasteiger partial charge is 0.226 e. The molecule has 0 saturated heterocycles. The maximum absolute atomic E-state index is 11.3. The van der Waals surface area contributed by atoms with E-state index in [1.165, 1.54) is 17.8 Å². The molecule has 0 unspecified atom stereocenters. The first kappa shape index (κ1) is 13.5. The molecule has 0 aliphatic rings. The second kappa shape index (κ2) is 5.35. The minimum Gasteiger partial charge on any atom is -0.502 e. The predicted molar refractivity (Wildman–Crippen MR) is 71.0 cm³/mol. The van der Waals surface area contributed by atoms with Crippen LogP contribution in [0.4, 0.5) is 5.95 Å². The van der Waals surface area contributed by atoms with E-state index in [9.17, 15) is 4.79 Å². The summed E-state index contributed by atoms with van der Waals surface area (Å²) in [5.74, 6) is 0.804. The Morgan fingerprint density at radius 3 is 2.89 bits per heavy atom. The second-order valence-corrected chi connectivity index (χ2v) is 5.13. The molecule has 2 aromatic heterocycles. The third kappa shape index (κ3) is 2.90. The first-order valence-electron chi connectivity index (χ1n) is 5.63. The van der Waals surface area contributed by atoms with E-state index in [0.717, 1.165) is 6.26 Å². The second-order valence-electron chi connectivity index (χ2n) is 4.19. The highest BCUT2D eigenvalue weighted by Crippen LogP contribution is 2.25. The van der Waals surface area contributed by atoms with Gasteiger partial charge in [-0.2, -0.15) is 0 Å². The number of nitrogens with zero attached hydrogens (tertiary/aromatic N) is 3. The predicted octanol–water partition coefficient (Wildman–Crippen LogP) is 1.39. The van der Waals surface area contributed by atoms with Crippen molar-refractivity contribution in [1.29, 1.82) is 0 Å². The standard InChI is InChI=1S/C11H14N4O3S/c1-6(2)15-10(12)13-14-11(15)19-5-7-3-8(16)9(17)4-18-7/h3-4,6,17H,5H2,1-2H3,(H2,12,13). The first-order chi connectivity index (χ1) is 8.99. The minimum absolute atomic E-state index is 0.143. The molecule has 2 heterocycles. The SMILES string of the molecule is CC(C)n1c(N)nnc1SCc1cc(=O)c(O)co1. The number of rotatable bonds is 4. The molecule has 0 bridgehead atoms.